The number of rotatable bonds is 7. The SMILES string of the molecule is CCOC(=N)C(CCCCl)c1cccc(C(=O)OC)c1. The van der Waals surface area contributed by atoms with Crippen LogP contribution in [0, 0.1) is 5.41 Å². The molecule has 0 saturated heterocycles. The van der Waals surface area contributed by atoms with Crippen LogP contribution < -0.4 is 0 Å². The molecule has 0 saturated carbocycles. The molecule has 20 heavy (non-hydrogen) atoms. The number of halogens is 1. The van der Waals surface area contributed by atoms with E-state index in [-0.39, 0.29) is 17.8 Å². The lowest BCUT2D eigenvalue weighted by Gasteiger charge is -2.18. The minimum atomic E-state index is -0.383. The molecule has 5 heteroatoms. The monoisotopic (exact) mass is 297 g/mol. The van der Waals surface area contributed by atoms with Gasteiger partial charge >= 0.3 is 5.97 Å². The Morgan fingerprint density at radius 1 is 1.45 bits per heavy atom. The fourth-order valence-corrected chi connectivity index (χ4v) is 2.14. The smallest absolute Gasteiger partial charge is 0.337 e. The van der Waals surface area contributed by atoms with Gasteiger partial charge in [-0.15, -0.1) is 11.6 Å². The van der Waals surface area contributed by atoms with E-state index >= 15 is 0 Å². The van der Waals surface area contributed by atoms with Gasteiger partial charge in [0.1, 0.15) is 0 Å². The summed E-state index contributed by atoms with van der Waals surface area (Å²) in [6.45, 7) is 2.30. The van der Waals surface area contributed by atoms with Gasteiger partial charge in [0.05, 0.1) is 25.2 Å². The molecule has 0 aliphatic carbocycles. The summed E-state index contributed by atoms with van der Waals surface area (Å²) in [5.41, 5.74) is 1.35. The van der Waals surface area contributed by atoms with E-state index in [2.05, 4.69) is 0 Å². The van der Waals surface area contributed by atoms with Crippen LogP contribution in [-0.2, 0) is 9.47 Å². The highest BCUT2D eigenvalue weighted by Gasteiger charge is 2.19. The molecule has 110 valence electrons. The van der Waals surface area contributed by atoms with Gasteiger partial charge in [0.15, 0.2) is 5.90 Å². The second kappa shape index (κ2) is 8.59. The maximum absolute atomic E-state index is 11.6. The Bertz CT molecular complexity index is 462. The highest BCUT2D eigenvalue weighted by Crippen LogP contribution is 2.24. The molecular weight excluding hydrogens is 278 g/mol. The molecule has 4 nitrogen and oxygen atoms in total. The molecule has 1 unspecified atom stereocenters. The zero-order valence-electron chi connectivity index (χ0n) is 11.8. The number of esters is 1. The van der Waals surface area contributed by atoms with E-state index < -0.39 is 0 Å². The van der Waals surface area contributed by atoms with Crippen LogP contribution in [0.2, 0.25) is 0 Å². The number of hydrogen-bond acceptors (Lipinski definition) is 4. The number of alkyl halides is 1. The van der Waals surface area contributed by atoms with Gasteiger partial charge in [-0.25, -0.2) is 4.79 Å². The summed E-state index contributed by atoms with van der Waals surface area (Å²) in [5.74, 6) is 0.177. The Balaban J connectivity index is 3.00. The average molecular weight is 298 g/mol. The van der Waals surface area contributed by atoms with Crippen molar-refractivity contribution in [3.63, 3.8) is 0 Å². The van der Waals surface area contributed by atoms with Crippen molar-refractivity contribution in [2.24, 2.45) is 0 Å². The van der Waals surface area contributed by atoms with Gasteiger partial charge < -0.3 is 9.47 Å². The van der Waals surface area contributed by atoms with Gasteiger partial charge in [-0.3, -0.25) is 5.41 Å². The molecule has 0 aliphatic heterocycles. The van der Waals surface area contributed by atoms with Crippen LogP contribution >= 0.6 is 11.6 Å². The first kappa shape index (κ1) is 16.5. The van der Waals surface area contributed by atoms with E-state index in [1.54, 1.807) is 18.2 Å². The molecule has 0 aliphatic rings. The molecular formula is C15H20ClNO3. The standard InChI is InChI=1S/C15H20ClNO3/c1-3-20-14(17)13(8-5-9-16)11-6-4-7-12(10-11)15(18)19-2/h4,6-7,10,13,17H,3,5,8-9H2,1-2H3. The minimum absolute atomic E-state index is 0.182. The number of hydrogen-bond donors (Lipinski definition) is 1. The molecule has 0 heterocycles. The third-order valence-electron chi connectivity index (χ3n) is 2.95. The topological polar surface area (TPSA) is 59.4 Å². The first-order chi connectivity index (χ1) is 9.63. The number of methoxy groups -OCH3 is 1. The normalized spacial score (nSPS) is 11.8. The minimum Gasteiger partial charge on any atom is -0.481 e. The number of ether oxygens (including phenoxy) is 2. The Morgan fingerprint density at radius 2 is 2.20 bits per heavy atom. The van der Waals surface area contributed by atoms with Crippen LogP contribution in [0.15, 0.2) is 24.3 Å². The van der Waals surface area contributed by atoms with Crippen LogP contribution in [-0.4, -0.2) is 31.5 Å². The summed E-state index contributed by atoms with van der Waals surface area (Å²) in [7, 11) is 1.35. The van der Waals surface area contributed by atoms with Gasteiger partial charge in [-0.1, -0.05) is 12.1 Å². The van der Waals surface area contributed by atoms with Crippen LogP contribution in [0.5, 0.6) is 0 Å². The first-order valence-corrected chi connectivity index (χ1v) is 7.13. The number of nitrogens with one attached hydrogen (secondary N) is 1. The van der Waals surface area contributed by atoms with Crippen molar-refractivity contribution in [2.45, 2.75) is 25.7 Å². The second-order valence-corrected chi connectivity index (χ2v) is 4.68. The lowest BCUT2D eigenvalue weighted by Crippen LogP contribution is -2.16. The molecule has 0 aromatic heterocycles. The van der Waals surface area contributed by atoms with Crippen LogP contribution in [0.1, 0.15) is 41.6 Å². The molecule has 1 rings (SSSR count). The van der Waals surface area contributed by atoms with Gasteiger partial charge in [-0.2, -0.15) is 0 Å². The maximum atomic E-state index is 11.6. The summed E-state index contributed by atoms with van der Waals surface area (Å²) in [5, 5.41) is 8.00. The van der Waals surface area contributed by atoms with Crippen LogP contribution in [0.3, 0.4) is 0 Å². The fraction of sp³-hybridized carbons (Fsp3) is 0.467. The zero-order valence-corrected chi connectivity index (χ0v) is 12.6. The molecule has 0 radical (unpaired) electrons. The highest BCUT2D eigenvalue weighted by atomic mass is 35.5. The third-order valence-corrected chi connectivity index (χ3v) is 3.22. The summed E-state index contributed by atoms with van der Waals surface area (Å²) in [6.07, 6.45) is 1.50. The average Bonchev–Trinajstić information content (AvgIpc) is 2.47. The zero-order chi connectivity index (χ0) is 15.0. The molecule has 0 fully saturated rings. The van der Waals surface area contributed by atoms with E-state index in [0.29, 0.717) is 24.5 Å². The van der Waals surface area contributed by atoms with Gasteiger partial charge in [0.25, 0.3) is 0 Å². The predicted octanol–water partition coefficient (Wildman–Crippen LogP) is 3.59. The first-order valence-electron chi connectivity index (χ1n) is 6.59. The lowest BCUT2D eigenvalue weighted by atomic mass is 9.93. The Hall–Kier alpha value is -1.55. The van der Waals surface area contributed by atoms with Crippen LogP contribution in [0.4, 0.5) is 0 Å². The van der Waals surface area contributed by atoms with Gasteiger partial charge in [0, 0.05) is 5.88 Å². The molecule has 0 amide bonds. The maximum Gasteiger partial charge on any atom is 0.337 e. The van der Waals surface area contributed by atoms with E-state index in [1.807, 2.05) is 13.0 Å². The molecule has 0 bridgehead atoms. The van der Waals surface area contributed by atoms with Crippen molar-refractivity contribution < 1.29 is 14.3 Å². The highest BCUT2D eigenvalue weighted by molar-refractivity contribution is 6.17. The van der Waals surface area contributed by atoms with Gasteiger partial charge in [-0.05, 0) is 37.5 Å². The van der Waals surface area contributed by atoms with Gasteiger partial charge in [0.2, 0.25) is 0 Å². The molecule has 1 aromatic carbocycles. The predicted molar refractivity (Wildman–Crippen MR) is 79.8 cm³/mol. The van der Waals surface area contributed by atoms with Crippen molar-refractivity contribution in [2.75, 3.05) is 19.6 Å². The summed E-state index contributed by atoms with van der Waals surface area (Å²) >= 11 is 5.73. The largest absolute Gasteiger partial charge is 0.481 e. The number of carbonyl (C=O) groups excluding carboxylic acids is 1. The third kappa shape index (κ3) is 4.53. The molecule has 1 aromatic rings. The number of carbonyl (C=O) groups is 1. The van der Waals surface area contributed by atoms with Crippen LogP contribution in [0.25, 0.3) is 0 Å². The summed E-state index contributed by atoms with van der Waals surface area (Å²) in [4.78, 5) is 11.6. The van der Waals surface area contributed by atoms with Crippen molar-refractivity contribution in [1.82, 2.24) is 0 Å². The Morgan fingerprint density at radius 3 is 2.80 bits per heavy atom. The van der Waals surface area contributed by atoms with E-state index in [1.165, 1.54) is 7.11 Å². The number of benzene rings is 1. The summed E-state index contributed by atoms with van der Waals surface area (Å²) in [6, 6.07) is 7.12. The van der Waals surface area contributed by atoms with E-state index in [9.17, 15) is 4.79 Å². The second-order valence-electron chi connectivity index (χ2n) is 4.30. The lowest BCUT2D eigenvalue weighted by molar-refractivity contribution is 0.0600. The summed E-state index contributed by atoms with van der Waals surface area (Å²) < 4.78 is 10.0. The van der Waals surface area contributed by atoms with Crippen molar-refractivity contribution in [3.8, 4) is 0 Å². The van der Waals surface area contributed by atoms with E-state index in [4.69, 9.17) is 26.5 Å². The van der Waals surface area contributed by atoms with Crippen molar-refractivity contribution in [1.29, 1.82) is 5.41 Å². The van der Waals surface area contributed by atoms with Crippen molar-refractivity contribution in [3.05, 3.63) is 35.4 Å². The Kier molecular flexibility index (Phi) is 7.09. The molecule has 1 atom stereocenters. The van der Waals surface area contributed by atoms with Crippen molar-refractivity contribution >= 4 is 23.5 Å². The quantitative estimate of drug-likeness (QED) is 0.362. The fourth-order valence-electron chi connectivity index (χ4n) is 1.99. The Labute approximate surface area is 124 Å². The molecule has 1 N–H and O–H groups in total. The molecule has 0 spiro atoms. The van der Waals surface area contributed by atoms with E-state index in [0.717, 1.165) is 12.0 Å².